The van der Waals surface area contributed by atoms with E-state index in [9.17, 15) is 4.79 Å². The first kappa shape index (κ1) is 15.8. The summed E-state index contributed by atoms with van der Waals surface area (Å²) in [6.07, 6.45) is 2.56. The second kappa shape index (κ2) is 6.59. The van der Waals surface area contributed by atoms with Crippen molar-refractivity contribution in [3.05, 3.63) is 28.7 Å². The number of anilines is 2. The van der Waals surface area contributed by atoms with Crippen LogP contribution in [0, 0.1) is 0 Å². The minimum absolute atomic E-state index is 0.0921. The molecule has 0 fully saturated rings. The number of hydrogen-bond acceptors (Lipinski definition) is 7. The van der Waals surface area contributed by atoms with E-state index < -0.39 is 0 Å². The van der Waals surface area contributed by atoms with Crippen LogP contribution in [0.5, 0.6) is 0 Å². The quantitative estimate of drug-likeness (QED) is 0.915. The molecule has 7 nitrogen and oxygen atoms in total. The van der Waals surface area contributed by atoms with Crippen LogP contribution in [0.4, 0.5) is 10.9 Å². The van der Waals surface area contributed by atoms with Gasteiger partial charge >= 0.3 is 0 Å². The van der Waals surface area contributed by atoms with Crippen LogP contribution in [0.15, 0.2) is 11.7 Å². The van der Waals surface area contributed by atoms with E-state index in [4.69, 9.17) is 0 Å². The van der Waals surface area contributed by atoms with E-state index in [-0.39, 0.29) is 5.91 Å². The van der Waals surface area contributed by atoms with Crippen molar-refractivity contribution in [2.45, 2.75) is 26.4 Å². The van der Waals surface area contributed by atoms with Crippen molar-refractivity contribution < 1.29 is 4.79 Å². The summed E-state index contributed by atoms with van der Waals surface area (Å²) in [5, 5.41) is 5.38. The fourth-order valence-corrected chi connectivity index (χ4v) is 3.47. The second-order valence-corrected chi connectivity index (χ2v) is 6.66. The maximum atomic E-state index is 11.1. The molecule has 0 saturated carbocycles. The number of aromatic nitrogens is 3. The summed E-state index contributed by atoms with van der Waals surface area (Å²) in [6, 6.07) is 0. The lowest BCUT2D eigenvalue weighted by atomic mass is 10.1. The second-order valence-electron chi connectivity index (χ2n) is 5.80. The van der Waals surface area contributed by atoms with Gasteiger partial charge in [0.1, 0.15) is 12.1 Å². The molecule has 1 N–H and O–H groups in total. The molecule has 0 spiro atoms. The third-order valence-electron chi connectivity index (χ3n) is 3.70. The molecule has 0 saturated heterocycles. The molecule has 0 aromatic carbocycles. The minimum Gasteiger partial charge on any atom is -0.362 e. The number of rotatable bonds is 4. The van der Waals surface area contributed by atoms with Crippen LogP contribution in [-0.4, -0.2) is 46.4 Å². The van der Waals surface area contributed by atoms with E-state index in [1.54, 1.807) is 6.33 Å². The molecule has 0 radical (unpaired) electrons. The molecule has 8 heteroatoms. The number of amides is 1. The third-order valence-corrected chi connectivity index (χ3v) is 4.51. The predicted molar refractivity (Wildman–Crippen MR) is 90.6 cm³/mol. The van der Waals surface area contributed by atoms with Gasteiger partial charge in [0, 0.05) is 58.0 Å². The molecule has 1 aliphatic rings. The van der Waals surface area contributed by atoms with Crippen molar-refractivity contribution >= 4 is 28.2 Å². The van der Waals surface area contributed by atoms with Gasteiger partial charge in [-0.15, -0.1) is 11.3 Å². The van der Waals surface area contributed by atoms with Crippen molar-refractivity contribution in [3.63, 3.8) is 0 Å². The fourth-order valence-electron chi connectivity index (χ4n) is 2.72. The van der Waals surface area contributed by atoms with E-state index in [0.717, 1.165) is 43.3 Å². The Balaban J connectivity index is 1.72. The number of fused-ring (bicyclic) bond motifs is 1. The number of hydrogen-bond donors (Lipinski definition) is 1. The molecule has 23 heavy (non-hydrogen) atoms. The maximum absolute atomic E-state index is 11.1. The number of carbonyl (C=O) groups is 1. The Morgan fingerprint density at radius 1 is 1.43 bits per heavy atom. The van der Waals surface area contributed by atoms with Gasteiger partial charge in [-0.05, 0) is 0 Å². The summed E-state index contributed by atoms with van der Waals surface area (Å²) in [5.74, 6) is 0.891. The summed E-state index contributed by atoms with van der Waals surface area (Å²) in [7, 11) is 4.00. The topological polar surface area (TPSA) is 74.2 Å². The molecule has 0 atom stereocenters. The zero-order chi connectivity index (χ0) is 16.4. The summed E-state index contributed by atoms with van der Waals surface area (Å²) in [6.45, 7) is 4.02. The van der Waals surface area contributed by atoms with Crippen LogP contribution >= 0.6 is 11.3 Å². The number of thiazole rings is 1. The van der Waals surface area contributed by atoms with Gasteiger partial charge in [-0.1, -0.05) is 0 Å². The molecule has 0 bridgehead atoms. The zero-order valence-electron chi connectivity index (χ0n) is 13.5. The van der Waals surface area contributed by atoms with Crippen LogP contribution in [0.25, 0.3) is 0 Å². The Morgan fingerprint density at radius 3 is 3.00 bits per heavy atom. The number of carbonyl (C=O) groups excluding carboxylic acids is 1. The number of nitrogens with zero attached hydrogens (tertiary/aromatic N) is 5. The SMILES string of the molecule is CC(=O)Nc1nc(CN2CCc3ncnc(N(C)C)c3C2)cs1. The highest BCUT2D eigenvalue weighted by atomic mass is 32.1. The van der Waals surface area contributed by atoms with Crippen LogP contribution in [0.1, 0.15) is 23.9 Å². The van der Waals surface area contributed by atoms with E-state index in [1.807, 2.05) is 24.4 Å². The van der Waals surface area contributed by atoms with Crippen LogP contribution in [0.2, 0.25) is 0 Å². The standard InChI is InChI=1S/C15H20N6OS/c1-10(22)18-15-19-11(8-23-15)6-21-5-4-13-12(7-21)14(20(2)3)17-9-16-13/h8-9H,4-7H2,1-3H3,(H,18,19,22). The normalized spacial score (nSPS) is 14.4. The predicted octanol–water partition coefficient (Wildman–Crippen LogP) is 1.52. The Kier molecular flexibility index (Phi) is 4.53. The van der Waals surface area contributed by atoms with E-state index >= 15 is 0 Å². The molecule has 0 aliphatic carbocycles. The van der Waals surface area contributed by atoms with Crippen molar-refractivity contribution in [1.82, 2.24) is 19.9 Å². The fraction of sp³-hybridized carbons (Fsp3) is 0.467. The zero-order valence-corrected chi connectivity index (χ0v) is 14.4. The van der Waals surface area contributed by atoms with Crippen molar-refractivity contribution in [1.29, 1.82) is 0 Å². The van der Waals surface area contributed by atoms with Crippen LogP contribution in [0.3, 0.4) is 0 Å². The molecule has 0 unspecified atom stereocenters. The first-order valence-corrected chi connectivity index (χ1v) is 8.35. The van der Waals surface area contributed by atoms with Gasteiger partial charge in [0.2, 0.25) is 5.91 Å². The van der Waals surface area contributed by atoms with Gasteiger partial charge in [0.15, 0.2) is 5.13 Å². The largest absolute Gasteiger partial charge is 0.362 e. The van der Waals surface area contributed by atoms with Gasteiger partial charge in [0.05, 0.1) is 11.4 Å². The monoisotopic (exact) mass is 332 g/mol. The van der Waals surface area contributed by atoms with Crippen molar-refractivity contribution in [3.8, 4) is 0 Å². The van der Waals surface area contributed by atoms with Crippen molar-refractivity contribution in [2.75, 3.05) is 30.9 Å². The van der Waals surface area contributed by atoms with E-state index in [0.29, 0.717) is 5.13 Å². The summed E-state index contributed by atoms with van der Waals surface area (Å²) in [5.41, 5.74) is 3.31. The van der Waals surface area contributed by atoms with Gasteiger partial charge in [-0.3, -0.25) is 9.69 Å². The lowest BCUT2D eigenvalue weighted by Gasteiger charge is -2.29. The number of nitrogens with one attached hydrogen (secondary N) is 1. The maximum Gasteiger partial charge on any atom is 0.223 e. The van der Waals surface area contributed by atoms with Crippen LogP contribution in [-0.2, 0) is 24.3 Å². The van der Waals surface area contributed by atoms with E-state index in [2.05, 4.69) is 25.2 Å². The first-order chi connectivity index (χ1) is 11.0. The smallest absolute Gasteiger partial charge is 0.223 e. The van der Waals surface area contributed by atoms with Gasteiger partial charge in [-0.2, -0.15) is 0 Å². The average Bonchev–Trinajstić information content (AvgIpc) is 2.92. The highest BCUT2D eigenvalue weighted by molar-refractivity contribution is 7.13. The summed E-state index contributed by atoms with van der Waals surface area (Å²) < 4.78 is 0. The summed E-state index contributed by atoms with van der Waals surface area (Å²) in [4.78, 5) is 28.7. The molecule has 1 aliphatic heterocycles. The molecule has 2 aromatic rings. The lowest BCUT2D eigenvalue weighted by Crippen LogP contribution is -2.32. The molecular formula is C15H20N6OS. The van der Waals surface area contributed by atoms with Crippen molar-refractivity contribution in [2.24, 2.45) is 0 Å². The molecule has 122 valence electrons. The Labute approximate surface area is 139 Å². The molecule has 3 rings (SSSR count). The molecule has 2 aromatic heterocycles. The van der Waals surface area contributed by atoms with Gasteiger partial charge in [0.25, 0.3) is 0 Å². The van der Waals surface area contributed by atoms with Crippen LogP contribution < -0.4 is 10.2 Å². The minimum atomic E-state index is -0.0921. The Bertz CT molecular complexity index is 714. The van der Waals surface area contributed by atoms with E-state index in [1.165, 1.54) is 23.8 Å². The molecule has 3 heterocycles. The third kappa shape index (κ3) is 3.65. The Hall–Kier alpha value is -2.06. The highest BCUT2D eigenvalue weighted by Gasteiger charge is 2.22. The lowest BCUT2D eigenvalue weighted by molar-refractivity contribution is -0.114. The summed E-state index contributed by atoms with van der Waals surface area (Å²) >= 11 is 1.46. The molecule has 1 amide bonds. The van der Waals surface area contributed by atoms with Gasteiger partial charge in [-0.25, -0.2) is 15.0 Å². The average molecular weight is 332 g/mol. The highest BCUT2D eigenvalue weighted by Crippen LogP contribution is 2.26. The molecular weight excluding hydrogens is 312 g/mol. The van der Waals surface area contributed by atoms with Gasteiger partial charge < -0.3 is 10.2 Å². The first-order valence-electron chi connectivity index (χ1n) is 7.47. The Morgan fingerprint density at radius 2 is 2.26 bits per heavy atom.